The summed E-state index contributed by atoms with van der Waals surface area (Å²) in [5, 5.41) is 14.9. The highest BCUT2D eigenvalue weighted by Crippen LogP contribution is 2.12. The molecule has 0 fully saturated rings. The maximum Gasteiger partial charge on any atom is 0.354 e. The van der Waals surface area contributed by atoms with Crippen molar-refractivity contribution in [3.63, 3.8) is 0 Å². The average molecular weight is 248 g/mol. The van der Waals surface area contributed by atoms with Crippen LogP contribution in [0.2, 0.25) is 0 Å². The van der Waals surface area contributed by atoms with Crippen molar-refractivity contribution in [2.24, 2.45) is 0 Å². The van der Waals surface area contributed by atoms with E-state index in [1.54, 1.807) is 0 Å². The van der Waals surface area contributed by atoms with Gasteiger partial charge in [-0.2, -0.15) is 5.10 Å². The average Bonchev–Trinajstić information content (AvgIpc) is 2.91. The van der Waals surface area contributed by atoms with Crippen molar-refractivity contribution in [2.75, 3.05) is 0 Å². The third-order valence-electron chi connectivity index (χ3n) is 2.39. The Labute approximate surface area is 99.8 Å². The van der Waals surface area contributed by atoms with E-state index in [-0.39, 0.29) is 5.69 Å². The van der Waals surface area contributed by atoms with Crippen LogP contribution in [0.4, 0.5) is 0 Å². The Morgan fingerprint density at radius 2 is 2.41 bits per heavy atom. The SMILES string of the molecule is O=C(O)c1ccnn1Cc1cn2ccsc2n1. The molecule has 17 heavy (non-hydrogen) atoms. The maximum atomic E-state index is 10.9. The van der Waals surface area contributed by atoms with Gasteiger partial charge in [-0.3, -0.25) is 9.08 Å². The predicted molar refractivity (Wildman–Crippen MR) is 61.4 cm³/mol. The highest BCUT2D eigenvalue weighted by atomic mass is 32.1. The van der Waals surface area contributed by atoms with E-state index in [4.69, 9.17) is 5.11 Å². The summed E-state index contributed by atoms with van der Waals surface area (Å²) in [6.07, 6.45) is 5.26. The Bertz CT molecular complexity index is 653. The van der Waals surface area contributed by atoms with E-state index in [1.165, 1.54) is 28.3 Å². The molecular formula is C10H8N4O2S. The molecule has 3 rings (SSSR count). The first-order valence-electron chi connectivity index (χ1n) is 4.90. The van der Waals surface area contributed by atoms with E-state index in [0.29, 0.717) is 6.54 Å². The topological polar surface area (TPSA) is 72.4 Å². The van der Waals surface area contributed by atoms with Crippen LogP contribution in [-0.2, 0) is 6.54 Å². The first-order valence-corrected chi connectivity index (χ1v) is 5.78. The zero-order chi connectivity index (χ0) is 11.8. The summed E-state index contributed by atoms with van der Waals surface area (Å²) in [4.78, 5) is 16.2. The van der Waals surface area contributed by atoms with Gasteiger partial charge in [0.2, 0.25) is 0 Å². The minimum atomic E-state index is -0.983. The molecule has 0 radical (unpaired) electrons. The largest absolute Gasteiger partial charge is 0.477 e. The first-order chi connectivity index (χ1) is 8.24. The second-order valence-electron chi connectivity index (χ2n) is 3.50. The lowest BCUT2D eigenvalue weighted by Crippen LogP contribution is -2.10. The number of hydrogen-bond donors (Lipinski definition) is 1. The zero-order valence-electron chi connectivity index (χ0n) is 8.65. The maximum absolute atomic E-state index is 10.9. The monoisotopic (exact) mass is 248 g/mol. The normalized spacial score (nSPS) is 11.1. The summed E-state index contributed by atoms with van der Waals surface area (Å²) in [5.74, 6) is -0.983. The molecule has 3 aromatic heterocycles. The molecule has 3 aromatic rings. The third-order valence-corrected chi connectivity index (χ3v) is 3.16. The minimum absolute atomic E-state index is 0.168. The molecule has 0 aliphatic rings. The predicted octanol–water partition coefficient (Wildman–Crippen LogP) is 1.34. The van der Waals surface area contributed by atoms with Crippen molar-refractivity contribution in [1.82, 2.24) is 19.2 Å². The van der Waals surface area contributed by atoms with Gasteiger partial charge in [-0.1, -0.05) is 0 Å². The van der Waals surface area contributed by atoms with Crippen molar-refractivity contribution in [2.45, 2.75) is 6.54 Å². The van der Waals surface area contributed by atoms with Crippen molar-refractivity contribution in [3.05, 3.63) is 41.4 Å². The molecule has 0 saturated carbocycles. The van der Waals surface area contributed by atoms with Gasteiger partial charge in [0.05, 0.1) is 12.2 Å². The van der Waals surface area contributed by atoms with Gasteiger partial charge in [0.15, 0.2) is 4.96 Å². The number of aromatic nitrogens is 4. The molecule has 0 atom stereocenters. The van der Waals surface area contributed by atoms with E-state index in [0.717, 1.165) is 10.7 Å². The quantitative estimate of drug-likeness (QED) is 0.759. The van der Waals surface area contributed by atoms with Gasteiger partial charge in [0, 0.05) is 24.0 Å². The van der Waals surface area contributed by atoms with Gasteiger partial charge in [-0.05, 0) is 6.07 Å². The molecule has 6 nitrogen and oxygen atoms in total. The van der Waals surface area contributed by atoms with Crippen LogP contribution in [0.3, 0.4) is 0 Å². The molecule has 0 amide bonds. The molecule has 0 aliphatic heterocycles. The van der Waals surface area contributed by atoms with Gasteiger partial charge in [0.1, 0.15) is 5.69 Å². The summed E-state index contributed by atoms with van der Waals surface area (Å²) < 4.78 is 3.33. The summed E-state index contributed by atoms with van der Waals surface area (Å²) in [7, 11) is 0. The lowest BCUT2D eigenvalue weighted by Gasteiger charge is -2.00. The van der Waals surface area contributed by atoms with Crippen LogP contribution >= 0.6 is 11.3 Å². The fourth-order valence-corrected chi connectivity index (χ4v) is 2.36. The number of imidazole rings is 1. The van der Waals surface area contributed by atoms with Gasteiger partial charge < -0.3 is 5.11 Å². The standard InChI is InChI=1S/C10H8N4O2S/c15-9(16)8-1-2-11-14(8)6-7-5-13-3-4-17-10(13)12-7/h1-5H,6H2,(H,15,16). The van der Waals surface area contributed by atoms with E-state index >= 15 is 0 Å². The fourth-order valence-electron chi connectivity index (χ4n) is 1.65. The Morgan fingerprint density at radius 3 is 3.18 bits per heavy atom. The Hall–Kier alpha value is -2.15. The molecule has 7 heteroatoms. The van der Waals surface area contributed by atoms with Gasteiger partial charge in [0.25, 0.3) is 0 Å². The number of hydrogen-bond acceptors (Lipinski definition) is 4. The number of aromatic carboxylic acids is 1. The van der Waals surface area contributed by atoms with Crippen LogP contribution in [0.25, 0.3) is 4.96 Å². The summed E-state index contributed by atoms with van der Waals surface area (Å²) in [5.41, 5.74) is 0.962. The van der Waals surface area contributed by atoms with Gasteiger partial charge >= 0.3 is 5.97 Å². The molecule has 1 N–H and O–H groups in total. The van der Waals surface area contributed by atoms with Crippen molar-refractivity contribution in [3.8, 4) is 0 Å². The molecule has 0 bridgehead atoms. The van der Waals surface area contributed by atoms with Crippen LogP contribution in [0, 0.1) is 0 Å². The number of fused-ring (bicyclic) bond motifs is 1. The highest BCUT2D eigenvalue weighted by Gasteiger charge is 2.11. The Balaban J connectivity index is 1.94. The summed E-state index contributed by atoms with van der Waals surface area (Å²) >= 11 is 1.54. The van der Waals surface area contributed by atoms with Crippen molar-refractivity contribution < 1.29 is 9.90 Å². The van der Waals surface area contributed by atoms with Crippen LogP contribution in [0.15, 0.2) is 30.0 Å². The van der Waals surface area contributed by atoms with Gasteiger partial charge in [-0.15, -0.1) is 11.3 Å². The molecule has 3 heterocycles. The third kappa shape index (κ3) is 1.70. The smallest absolute Gasteiger partial charge is 0.354 e. The van der Waals surface area contributed by atoms with Crippen LogP contribution in [0.1, 0.15) is 16.2 Å². The number of thiazole rings is 1. The number of carbonyl (C=O) groups is 1. The highest BCUT2D eigenvalue weighted by molar-refractivity contribution is 7.15. The van der Waals surface area contributed by atoms with Crippen molar-refractivity contribution in [1.29, 1.82) is 0 Å². The minimum Gasteiger partial charge on any atom is -0.477 e. The Kier molecular flexibility index (Phi) is 2.19. The summed E-state index contributed by atoms with van der Waals surface area (Å²) in [6.45, 7) is 0.364. The molecule has 86 valence electrons. The molecule has 0 aliphatic carbocycles. The number of nitrogens with zero attached hydrogens (tertiary/aromatic N) is 4. The second kappa shape index (κ2) is 3.70. The zero-order valence-corrected chi connectivity index (χ0v) is 9.46. The van der Waals surface area contributed by atoms with Gasteiger partial charge in [-0.25, -0.2) is 9.78 Å². The van der Waals surface area contributed by atoms with Crippen LogP contribution < -0.4 is 0 Å². The van der Waals surface area contributed by atoms with Crippen molar-refractivity contribution >= 4 is 22.3 Å². The lowest BCUT2D eigenvalue weighted by atomic mass is 10.4. The molecule has 0 aromatic carbocycles. The molecular weight excluding hydrogens is 240 g/mol. The van der Waals surface area contributed by atoms with E-state index in [2.05, 4.69) is 10.1 Å². The molecule has 0 unspecified atom stereocenters. The Morgan fingerprint density at radius 1 is 1.53 bits per heavy atom. The van der Waals surface area contributed by atoms with E-state index in [1.807, 2.05) is 22.2 Å². The van der Waals surface area contributed by atoms with E-state index < -0.39 is 5.97 Å². The molecule has 0 saturated heterocycles. The number of carboxylic acid groups (broad SMARTS) is 1. The number of rotatable bonds is 3. The van der Waals surface area contributed by atoms with Crippen LogP contribution in [0.5, 0.6) is 0 Å². The first kappa shape index (κ1) is 10.0. The second-order valence-corrected chi connectivity index (χ2v) is 4.38. The van der Waals surface area contributed by atoms with E-state index in [9.17, 15) is 4.79 Å². The fraction of sp³-hybridized carbons (Fsp3) is 0.100. The molecule has 0 spiro atoms. The lowest BCUT2D eigenvalue weighted by molar-refractivity contribution is 0.0684. The summed E-state index contributed by atoms with van der Waals surface area (Å²) in [6, 6.07) is 1.47. The van der Waals surface area contributed by atoms with Crippen LogP contribution in [-0.4, -0.2) is 30.2 Å². The number of carboxylic acids is 1.